The summed E-state index contributed by atoms with van der Waals surface area (Å²) < 4.78 is 1.81. The first-order valence-electron chi connectivity index (χ1n) is 10.1. The lowest BCUT2D eigenvalue weighted by molar-refractivity contribution is -0.113. The molecule has 0 saturated heterocycles. The van der Waals surface area contributed by atoms with Crippen molar-refractivity contribution in [2.75, 3.05) is 11.1 Å². The molecule has 2 aromatic heterocycles. The van der Waals surface area contributed by atoms with Gasteiger partial charge in [-0.1, -0.05) is 71.9 Å². The summed E-state index contributed by atoms with van der Waals surface area (Å²) in [5.74, 6) is 0.0735. The van der Waals surface area contributed by atoms with E-state index in [9.17, 15) is 4.79 Å². The fraction of sp³-hybridized carbons (Fsp3) is 0.0800. The van der Waals surface area contributed by atoms with Crippen LogP contribution in [0.2, 0.25) is 5.02 Å². The van der Waals surface area contributed by atoms with Gasteiger partial charge in [0, 0.05) is 18.0 Å². The van der Waals surface area contributed by atoms with Crippen molar-refractivity contribution >= 4 is 51.2 Å². The maximum Gasteiger partial charge on any atom is 0.234 e. The number of anilines is 1. The lowest BCUT2D eigenvalue weighted by Gasteiger charge is -2.08. The van der Waals surface area contributed by atoms with Crippen molar-refractivity contribution in [1.82, 2.24) is 14.6 Å². The smallest absolute Gasteiger partial charge is 0.234 e. The van der Waals surface area contributed by atoms with E-state index in [1.165, 1.54) is 17.1 Å². The highest BCUT2D eigenvalue weighted by molar-refractivity contribution is 8.00. The van der Waals surface area contributed by atoms with Crippen LogP contribution in [0.5, 0.6) is 0 Å². The van der Waals surface area contributed by atoms with Crippen LogP contribution in [0.15, 0.2) is 84.1 Å². The van der Waals surface area contributed by atoms with Gasteiger partial charge < -0.3 is 5.32 Å². The summed E-state index contributed by atoms with van der Waals surface area (Å²) in [5.41, 5.74) is 4.45. The van der Waals surface area contributed by atoms with Gasteiger partial charge in [0.05, 0.1) is 27.7 Å². The second-order valence-corrected chi connectivity index (χ2v) is 8.81. The number of rotatable bonds is 5. The molecule has 5 aromatic rings. The predicted molar refractivity (Wildman–Crippen MR) is 131 cm³/mol. The van der Waals surface area contributed by atoms with Gasteiger partial charge in [-0.05, 0) is 41.5 Å². The van der Waals surface area contributed by atoms with Crippen molar-refractivity contribution in [2.24, 2.45) is 0 Å². The highest BCUT2D eigenvalue weighted by Gasteiger charge is 2.13. The monoisotopic (exact) mass is 458 g/mol. The van der Waals surface area contributed by atoms with E-state index in [1.807, 2.05) is 55.6 Å². The number of hydrogen-bond acceptors (Lipinski definition) is 4. The van der Waals surface area contributed by atoms with Crippen molar-refractivity contribution in [3.63, 3.8) is 0 Å². The number of thioether (sulfide) groups is 1. The number of aryl methyl sites for hydroxylation is 1. The van der Waals surface area contributed by atoms with Crippen LogP contribution in [0.3, 0.4) is 0 Å². The average molecular weight is 459 g/mol. The van der Waals surface area contributed by atoms with Crippen molar-refractivity contribution in [1.29, 1.82) is 0 Å². The number of nitrogens with zero attached hydrogens (tertiary/aromatic N) is 3. The average Bonchev–Trinajstić information content (AvgIpc) is 3.24. The van der Waals surface area contributed by atoms with Gasteiger partial charge in [-0.25, -0.2) is 9.50 Å². The van der Waals surface area contributed by atoms with Crippen LogP contribution in [0.4, 0.5) is 5.69 Å². The molecule has 1 amide bonds. The Labute approximate surface area is 194 Å². The van der Waals surface area contributed by atoms with Gasteiger partial charge in [-0.15, -0.1) is 0 Å². The number of hydrogen-bond donors (Lipinski definition) is 1. The molecule has 0 fully saturated rings. The highest BCUT2D eigenvalue weighted by Crippen LogP contribution is 2.31. The van der Waals surface area contributed by atoms with Gasteiger partial charge in [0.1, 0.15) is 5.03 Å². The quantitative estimate of drug-likeness (QED) is 0.316. The molecule has 0 aliphatic heterocycles. The van der Waals surface area contributed by atoms with Crippen LogP contribution in [-0.4, -0.2) is 26.3 Å². The first-order chi connectivity index (χ1) is 15.6. The second-order valence-electron chi connectivity index (χ2n) is 7.44. The highest BCUT2D eigenvalue weighted by atomic mass is 35.5. The minimum atomic E-state index is -0.140. The zero-order chi connectivity index (χ0) is 22.1. The fourth-order valence-electron chi connectivity index (χ4n) is 3.63. The molecule has 5 rings (SSSR count). The predicted octanol–water partition coefficient (Wildman–Crippen LogP) is 6.24. The van der Waals surface area contributed by atoms with Crippen LogP contribution in [-0.2, 0) is 4.79 Å². The van der Waals surface area contributed by atoms with E-state index in [2.05, 4.69) is 34.6 Å². The van der Waals surface area contributed by atoms with E-state index in [-0.39, 0.29) is 11.7 Å². The van der Waals surface area contributed by atoms with E-state index < -0.39 is 0 Å². The molecule has 3 aromatic carbocycles. The molecule has 0 aliphatic rings. The third kappa shape index (κ3) is 4.07. The summed E-state index contributed by atoms with van der Waals surface area (Å²) >= 11 is 7.60. The molecular formula is C25H19ClN4OS. The number of fused-ring (bicyclic) bond motifs is 2. The fourth-order valence-corrected chi connectivity index (χ4v) is 4.69. The zero-order valence-corrected chi connectivity index (χ0v) is 18.8. The third-order valence-corrected chi connectivity index (χ3v) is 6.47. The van der Waals surface area contributed by atoms with Crippen LogP contribution in [0.25, 0.3) is 27.5 Å². The topological polar surface area (TPSA) is 59.3 Å². The lowest BCUT2D eigenvalue weighted by atomic mass is 10.0. The Morgan fingerprint density at radius 1 is 1.09 bits per heavy atom. The summed E-state index contributed by atoms with van der Waals surface area (Å²) in [6.07, 6.45) is 3.52. The van der Waals surface area contributed by atoms with Crippen LogP contribution < -0.4 is 5.32 Å². The zero-order valence-electron chi connectivity index (χ0n) is 17.2. The molecule has 158 valence electrons. The lowest BCUT2D eigenvalue weighted by Crippen LogP contribution is -2.14. The van der Waals surface area contributed by atoms with Crippen molar-refractivity contribution in [2.45, 2.75) is 11.9 Å². The number of carbonyl (C=O) groups is 1. The molecule has 0 unspecified atom stereocenters. The Morgan fingerprint density at radius 3 is 2.81 bits per heavy atom. The third-order valence-electron chi connectivity index (χ3n) is 5.16. The number of aromatic nitrogens is 3. The van der Waals surface area contributed by atoms with Crippen LogP contribution in [0.1, 0.15) is 5.56 Å². The minimum absolute atomic E-state index is 0.140. The van der Waals surface area contributed by atoms with Gasteiger partial charge in [-0.2, -0.15) is 5.10 Å². The summed E-state index contributed by atoms with van der Waals surface area (Å²) in [6.45, 7) is 1.96. The molecule has 0 saturated carbocycles. The Bertz CT molecular complexity index is 1460. The molecule has 7 heteroatoms. The Hall–Kier alpha value is -3.35. The second kappa shape index (κ2) is 8.65. The SMILES string of the molecule is Cc1ccc(NC(=O)CSc2nccn3nc(-c4cccc5ccccc45)cc23)c(Cl)c1. The number of carbonyl (C=O) groups excluding carboxylic acids is 1. The number of nitrogens with one attached hydrogen (secondary N) is 1. The maximum atomic E-state index is 12.5. The number of amides is 1. The van der Waals surface area contributed by atoms with E-state index >= 15 is 0 Å². The van der Waals surface area contributed by atoms with Crippen LogP contribution >= 0.6 is 23.4 Å². The van der Waals surface area contributed by atoms with Gasteiger partial charge in [-0.3, -0.25) is 4.79 Å². The van der Waals surface area contributed by atoms with Crippen molar-refractivity contribution in [3.05, 3.63) is 89.7 Å². The molecule has 0 spiro atoms. The molecule has 0 aliphatic carbocycles. The molecule has 5 nitrogen and oxygen atoms in total. The molecule has 1 N–H and O–H groups in total. The Kier molecular flexibility index (Phi) is 5.55. The van der Waals surface area contributed by atoms with Gasteiger partial charge in [0.25, 0.3) is 0 Å². The molecule has 0 bridgehead atoms. The summed E-state index contributed by atoms with van der Waals surface area (Å²) in [7, 11) is 0. The standard InChI is InChI=1S/C25H19ClN4OS/c1-16-9-10-21(20(26)13-16)28-24(31)15-32-25-23-14-22(29-30(23)12-11-27-25)19-8-4-6-17-5-2-3-7-18(17)19/h2-14H,15H2,1H3,(H,28,31). The molecule has 0 radical (unpaired) electrons. The minimum Gasteiger partial charge on any atom is -0.324 e. The summed E-state index contributed by atoms with van der Waals surface area (Å²) in [5, 5.41) is 11.2. The number of halogens is 1. The summed E-state index contributed by atoms with van der Waals surface area (Å²) in [6, 6.07) is 22.0. The first kappa shape index (κ1) is 20.5. The summed E-state index contributed by atoms with van der Waals surface area (Å²) in [4.78, 5) is 17.0. The first-order valence-corrected chi connectivity index (χ1v) is 11.5. The largest absolute Gasteiger partial charge is 0.324 e. The molecular weight excluding hydrogens is 440 g/mol. The van der Waals surface area contributed by atoms with E-state index in [0.29, 0.717) is 10.7 Å². The Balaban J connectivity index is 1.39. The van der Waals surface area contributed by atoms with Crippen molar-refractivity contribution in [3.8, 4) is 11.3 Å². The molecule has 32 heavy (non-hydrogen) atoms. The molecule has 2 heterocycles. The number of benzene rings is 3. The molecule has 0 atom stereocenters. The van der Waals surface area contributed by atoms with E-state index in [1.54, 1.807) is 10.7 Å². The van der Waals surface area contributed by atoms with Gasteiger partial charge >= 0.3 is 0 Å². The van der Waals surface area contributed by atoms with Crippen LogP contribution in [0, 0.1) is 6.92 Å². The van der Waals surface area contributed by atoms with Gasteiger partial charge in [0.15, 0.2) is 0 Å². The van der Waals surface area contributed by atoms with Gasteiger partial charge in [0.2, 0.25) is 5.91 Å². The van der Waals surface area contributed by atoms with E-state index in [0.717, 1.165) is 32.7 Å². The Morgan fingerprint density at radius 2 is 1.94 bits per heavy atom. The van der Waals surface area contributed by atoms with Crippen molar-refractivity contribution < 1.29 is 4.79 Å². The van der Waals surface area contributed by atoms with E-state index in [4.69, 9.17) is 16.7 Å². The normalized spacial score (nSPS) is 11.2. The maximum absolute atomic E-state index is 12.5.